The monoisotopic (exact) mass is 214 g/mol. The SMILES string of the molecule is COc1ccc(F)cc1C(=O)CSC. The van der Waals surface area contributed by atoms with Crippen LogP contribution in [-0.4, -0.2) is 24.9 Å². The number of methoxy groups -OCH3 is 1. The van der Waals surface area contributed by atoms with Crippen LogP contribution in [-0.2, 0) is 0 Å². The van der Waals surface area contributed by atoms with Gasteiger partial charge in [-0.3, -0.25) is 4.79 Å². The maximum absolute atomic E-state index is 12.9. The van der Waals surface area contributed by atoms with Gasteiger partial charge < -0.3 is 4.74 Å². The van der Waals surface area contributed by atoms with E-state index in [0.29, 0.717) is 17.1 Å². The van der Waals surface area contributed by atoms with Crippen LogP contribution < -0.4 is 4.74 Å². The molecule has 0 saturated carbocycles. The van der Waals surface area contributed by atoms with E-state index in [9.17, 15) is 9.18 Å². The predicted molar refractivity (Wildman–Crippen MR) is 55.7 cm³/mol. The van der Waals surface area contributed by atoms with E-state index in [2.05, 4.69) is 0 Å². The van der Waals surface area contributed by atoms with Crippen molar-refractivity contribution in [1.29, 1.82) is 0 Å². The smallest absolute Gasteiger partial charge is 0.176 e. The average Bonchev–Trinajstić information content (AvgIpc) is 2.18. The number of rotatable bonds is 4. The lowest BCUT2D eigenvalue weighted by Gasteiger charge is -2.06. The highest BCUT2D eigenvalue weighted by Crippen LogP contribution is 2.20. The highest BCUT2D eigenvalue weighted by molar-refractivity contribution is 7.99. The topological polar surface area (TPSA) is 26.3 Å². The van der Waals surface area contributed by atoms with E-state index in [0.717, 1.165) is 0 Å². The first-order chi connectivity index (χ1) is 6.69. The first-order valence-electron chi connectivity index (χ1n) is 4.04. The zero-order valence-corrected chi connectivity index (χ0v) is 8.86. The van der Waals surface area contributed by atoms with E-state index in [1.165, 1.54) is 37.1 Å². The minimum absolute atomic E-state index is 0.117. The Morgan fingerprint density at radius 1 is 1.57 bits per heavy atom. The maximum atomic E-state index is 12.9. The predicted octanol–water partition coefficient (Wildman–Crippen LogP) is 2.38. The number of carbonyl (C=O) groups is 1. The number of ketones is 1. The molecule has 0 N–H and O–H groups in total. The van der Waals surface area contributed by atoms with Crippen LogP contribution in [0.5, 0.6) is 5.75 Å². The quantitative estimate of drug-likeness (QED) is 0.720. The Morgan fingerprint density at radius 2 is 2.29 bits per heavy atom. The summed E-state index contributed by atoms with van der Waals surface area (Å²) < 4.78 is 17.8. The number of Topliss-reactive ketones (excluding diaryl/α,β-unsaturated/α-hetero) is 1. The molecular weight excluding hydrogens is 203 g/mol. The van der Waals surface area contributed by atoms with Gasteiger partial charge in [-0.05, 0) is 24.5 Å². The summed E-state index contributed by atoms with van der Waals surface area (Å²) in [5, 5.41) is 0. The molecule has 14 heavy (non-hydrogen) atoms. The number of hydrogen-bond acceptors (Lipinski definition) is 3. The number of ether oxygens (including phenoxy) is 1. The lowest BCUT2D eigenvalue weighted by atomic mass is 10.1. The van der Waals surface area contributed by atoms with Gasteiger partial charge in [0.15, 0.2) is 5.78 Å². The molecule has 0 fully saturated rings. The summed E-state index contributed by atoms with van der Waals surface area (Å²) in [5.74, 6) is 0.217. The zero-order valence-electron chi connectivity index (χ0n) is 8.04. The zero-order chi connectivity index (χ0) is 10.6. The Kier molecular flexibility index (Phi) is 3.95. The molecule has 0 atom stereocenters. The molecule has 76 valence electrons. The third-order valence-electron chi connectivity index (χ3n) is 1.74. The molecule has 1 aromatic carbocycles. The first-order valence-corrected chi connectivity index (χ1v) is 5.44. The van der Waals surface area contributed by atoms with Crippen LogP contribution in [0.4, 0.5) is 4.39 Å². The van der Waals surface area contributed by atoms with Crippen molar-refractivity contribution in [2.45, 2.75) is 0 Å². The van der Waals surface area contributed by atoms with Crippen molar-refractivity contribution >= 4 is 17.5 Å². The fraction of sp³-hybridized carbons (Fsp3) is 0.300. The maximum Gasteiger partial charge on any atom is 0.176 e. The van der Waals surface area contributed by atoms with Gasteiger partial charge >= 0.3 is 0 Å². The van der Waals surface area contributed by atoms with Crippen molar-refractivity contribution in [1.82, 2.24) is 0 Å². The van der Waals surface area contributed by atoms with E-state index >= 15 is 0 Å². The highest BCUT2D eigenvalue weighted by Gasteiger charge is 2.12. The van der Waals surface area contributed by atoms with Crippen LogP contribution in [0.2, 0.25) is 0 Å². The van der Waals surface area contributed by atoms with E-state index in [4.69, 9.17) is 4.74 Å². The van der Waals surface area contributed by atoms with Gasteiger partial charge in [0, 0.05) is 0 Å². The van der Waals surface area contributed by atoms with Crippen LogP contribution in [0.3, 0.4) is 0 Å². The summed E-state index contributed by atoms with van der Waals surface area (Å²) in [6, 6.07) is 3.94. The second-order valence-electron chi connectivity index (χ2n) is 2.70. The van der Waals surface area contributed by atoms with Crippen molar-refractivity contribution in [2.24, 2.45) is 0 Å². The second-order valence-corrected chi connectivity index (χ2v) is 3.57. The van der Waals surface area contributed by atoms with Crippen molar-refractivity contribution in [3.63, 3.8) is 0 Å². The number of carbonyl (C=O) groups excluding carboxylic acids is 1. The van der Waals surface area contributed by atoms with Gasteiger partial charge in [-0.2, -0.15) is 11.8 Å². The summed E-state index contributed by atoms with van der Waals surface area (Å²) >= 11 is 1.40. The molecule has 0 bridgehead atoms. The standard InChI is InChI=1S/C10H11FO2S/c1-13-10-4-3-7(11)5-8(10)9(12)6-14-2/h3-5H,6H2,1-2H3. The van der Waals surface area contributed by atoms with E-state index in [-0.39, 0.29) is 5.78 Å². The molecule has 0 amide bonds. The molecule has 0 radical (unpaired) electrons. The van der Waals surface area contributed by atoms with Crippen molar-refractivity contribution < 1.29 is 13.9 Å². The Labute approximate surface area is 86.5 Å². The third kappa shape index (κ3) is 2.48. The Balaban J connectivity index is 3.03. The number of thioether (sulfide) groups is 1. The molecule has 0 unspecified atom stereocenters. The molecule has 1 aromatic rings. The van der Waals surface area contributed by atoms with Gasteiger partial charge in [0.25, 0.3) is 0 Å². The molecule has 0 saturated heterocycles. The Bertz CT molecular complexity index is 339. The van der Waals surface area contributed by atoms with Crippen LogP contribution in [0.15, 0.2) is 18.2 Å². The fourth-order valence-corrected chi connectivity index (χ4v) is 1.52. The fourth-order valence-electron chi connectivity index (χ4n) is 1.11. The van der Waals surface area contributed by atoms with Gasteiger partial charge in [-0.25, -0.2) is 4.39 Å². The minimum Gasteiger partial charge on any atom is -0.496 e. The van der Waals surface area contributed by atoms with Gasteiger partial charge in [0.2, 0.25) is 0 Å². The van der Waals surface area contributed by atoms with E-state index in [1.807, 2.05) is 6.26 Å². The number of hydrogen-bond donors (Lipinski definition) is 0. The molecule has 0 aliphatic carbocycles. The summed E-state index contributed by atoms with van der Waals surface area (Å²) in [5.41, 5.74) is 0.307. The Morgan fingerprint density at radius 3 is 2.86 bits per heavy atom. The second kappa shape index (κ2) is 5.00. The molecule has 0 aliphatic heterocycles. The average molecular weight is 214 g/mol. The van der Waals surface area contributed by atoms with E-state index in [1.54, 1.807) is 0 Å². The summed E-state index contributed by atoms with van der Waals surface area (Å²) in [7, 11) is 1.46. The molecule has 0 aromatic heterocycles. The van der Waals surface area contributed by atoms with Crippen molar-refractivity contribution in [3.05, 3.63) is 29.6 Å². The summed E-state index contributed by atoms with van der Waals surface area (Å²) in [6.07, 6.45) is 1.82. The van der Waals surface area contributed by atoms with Crippen LogP contribution in [0, 0.1) is 5.82 Å². The van der Waals surface area contributed by atoms with E-state index < -0.39 is 5.82 Å². The first kappa shape index (κ1) is 11.0. The number of benzene rings is 1. The van der Waals surface area contributed by atoms with Crippen molar-refractivity contribution in [3.8, 4) is 5.75 Å². The molecule has 0 heterocycles. The Hall–Kier alpha value is -1.03. The third-order valence-corrected chi connectivity index (χ3v) is 2.29. The van der Waals surface area contributed by atoms with Gasteiger partial charge in [-0.15, -0.1) is 0 Å². The molecule has 0 spiro atoms. The number of halogens is 1. The van der Waals surface area contributed by atoms with Crippen LogP contribution in [0.25, 0.3) is 0 Å². The summed E-state index contributed by atoms with van der Waals surface area (Å²) in [6.45, 7) is 0. The molecule has 2 nitrogen and oxygen atoms in total. The van der Waals surface area contributed by atoms with Gasteiger partial charge in [0.05, 0.1) is 18.4 Å². The molecule has 1 rings (SSSR count). The lowest BCUT2D eigenvalue weighted by molar-refractivity contribution is 0.101. The molecule has 0 aliphatic rings. The molecular formula is C10H11FO2S. The summed E-state index contributed by atoms with van der Waals surface area (Å²) in [4.78, 5) is 11.5. The van der Waals surface area contributed by atoms with Crippen LogP contribution in [0.1, 0.15) is 10.4 Å². The minimum atomic E-state index is -0.421. The normalized spacial score (nSPS) is 9.93. The lowest BCUT2D eigenvalue weighted by Crippen LogP contribution is -2.05. The highest BCUT2D eigenvalue weighted by atomic mass is 32.2. The van der Waals surface area contributed by atoms with Gasteiger partial charge in [0.1, 0.15) is 11.6 Å². The molecule has 4 heteroatoms. The van der Waals surface area contributed by atoms with Crippen LogP contribution >= 0.6 is 11.8 Å². The van der Waals surface area contributed by atoms with Gasteiger partial charge in [-0.1, -0.05) is 0 Å². The van der Waals surface area contributed by atoms with Crippen molar-refractivity contribution in [2.75, 3.05) is 19.1 Å². The largest absolute Gasteiger partial charge is 0.496 e.